The number of nitrogen functional groups attached to an aromatic ring is 1. The molecule has 6 atom stereocenters. The largest absolute Gasteiger partial charge is 0.488 e. The van der Waals surface area contributed by atoms with E-state index in [2.05, 4.69) is 35.4 Å². The van der Waals surface area contributed by atoms with Crippen molar-refractivity contribution < 1.29 is 56.1 Å². The van der Waals surface area contributed by atoms with Crippen LogP contribution in [0.2, 0.25) is 0 Å². The maximum absolute atomic E-state index is 15.4. The third-order valence-electron chi connectivity index (χ3n) is 4.24. The third-order valence-corrected chi connectivity index (χ3v) is 8.96. The van der Waals surface area contributed by atoms with Gasteiger partial charge in [0.25, 0.3) is 5.56 Å². The lowest BCUT2D eigenvalue weighted by molar-refractivity contribution is -0.0548. The van der Waals surface area contributed by atoms with Gasteiger partial charge in [-0.2, -0.15) is 9.29 Å². The van der Waals surface area contributed by atoms with Gasteiger partial charge in [0.15, 0.2) is 23.1 Å². The first-order valence-corrected chi connectivity index (χ1v) is 14.1. The van der Waals surface area contributed by atoms with E-state index in [1.165, 1.54) is 0 Å². The van der Waals surface area contributed by atoms with E-state index in [1.807, 2.05) is 0 Å². The van der Waals surface area contributed by atoms with Crippen LogP contribution in [0.3, 0.4) is 0 Å². The predicted octanol–water partition coefficient (Wildman–Crippen LogP) is -0.852. The lowest BCUT2D eigenvalue weighted by atomic mass is 9.98. The van der Waals surface area contributed by atoms with Gasteiger partial charge in [-0.05, 0) is 18.7 Å². The van der Waals surface area contributed by atoms with E-state index in [-0.39, 0.29) is 17.1 Å². The van der Waals surface area contributed by atoms with Crippen LogP contribution in [-0.2, 0) is 38.8 Å². The fourth-order valence-corrected chi connectivity index (χ4v) is 6.91. The molecule has 8 N–H and O–H groups in total. The van der Waals surface area contributed by atoms with Crippen molar-refractivity contribution in [2.45, 2.75) is 31.0 Å². The molecule has 0 aliphatic carbocycles. The first-order valence-electron chi connectivity index (χ1n) is 8.45. The van der Waals surface area contributed by atoms with Crippen molar-refractivity contribution in [3.63, 3.8) is 0 Å². The topological polar surface area (TPSA) is 262 Å². The summed E-state index contributed by atoms with van der Waals surface area (Å²) < 4.78 is 56.3. The minimum absolute atomic E-state index is 0.162. The van der Waals surface area contributed by atoms with Crippen LogP contribution in [0.1, 0.15) is 13.2 Å². The number of phosphoric acid groups is 2. The van der Waals surface area contributed by atoms with Crippen molar-refractivity contribution in [3.05, 3.63) is 16.7 Å². The summed E-state index contributed by atoms with van der Waals surface area (Å²) in [6.07, 6.45) is -4.09. The van der Waals surface area contributed by atoms with Crippen LogP contribution in [0.25, 0.3) is 11.2 Å². The number of anilines is 1. The number of aliphatic hydroxyl groups excluding tert-OH is 1. The van der Waals surface area contributed by atoms with E-state index < -0.39 is 58.6 Å². The minimum Gasteiger partial charge on any atom is -0.387 e. The Kier molecular flexibility index (Phi) is 7.05. The van der Waals surface area contributed by atoms with Crippen molar-refractivity contribution in [1.82, 2.24) is 19.5 Å². The molecule has 1 aliphatic rings. The molecule has 1 aliphatic heterocycles. The number of aliphatic hydroxyl groups is 1. The molecule has 3 rings (SSSR count). The number of nitrogens with zero attached hydrogens (tertiary/aromatic N) is 3. The second-order valence-electron chi connectivity index (χ2n) is 6.78. The van der Waals surface area contributed by atoms with Crippen molar-refractivity contribution in [2.75, 3.05) is 12.3 Å². The van der Waals surface area contributed by atoms with Crippen molar-refractivity contribution in [3.8, 4) is 0 Å². The summed E-state index contributed by atoms with van der Waals surface area (Å²) in [4.78, 5) is 58.1. The van der Waals surface area contributed by atoms with Crippen LogP contribution < -0.4 is 11.3 Å². The molecule has 0 aromatic carbocycles. The van der Waals surface area contributed by atoms with Crippen LogP contribution in [0.15, 0.2) is 11.1 Å². The van der Waals surface area contributed by atoms with Crippen LogP contribution >= 0.6 is 22.4 Å². The Labute approximate surface area is 187 Å². The lowest BCUT2D eigenvalue weighted by Gasteiger charge is -2.24. The normalized spacial score (nSPS) is 29.7. The monoisotopic (exact) mass is 555 g/mol. The zero-order chi connectivity index (χ0) is 25.0. The Hall–Kier alpha value is -1.17. The number of aromatic amines is 1. The van der Waals surface area contributed by atoms with E-state index in [0.29, 0.717) is 0 Å². The van der Waals surface area contributed by atoms with Crippen molar-refractivity contribution in [2.24, 2.45) is 0 Å². The van der Waals surface area contributed by atoms with Gasteiger partial charge >= 0.3 is 22.4 Å². The molecule has 33 heavy (non-hydrogen) atoms. The zero-order valence-electron chi connectivity index (χ0n) is 16.2. The SMILES string of the molecule is CC1(F)C(O)C(COP(O)(=S)OP(=O)(O)OP(=O)(O)O)OC1n1cnc2c(=O)[nH]c(N)nc21. The van der Waals surface area contributed by atoms with Crippen molar-refractivity contribution in [1.29, 1.82) is 0 Å². The van der Waals surface area contributed by atoms with Crippen molar-refractivity contribution >= 4 is 51.3 Å². The molecule has 2 aromatic rings. The quantitative estimate of drug-likeness (QED) is 0.196. The fraction of sp³-hybridized carbons (Fsp3) is 0.545. The average molecular weight is 555 g/mol. The molecule has 0 radical (unpaired) electrons. The van der Waals surface area contributed by atoms with Gasteiger partial charge in [-0.3, -0.25) is 14.3 Å². The number of ether oxygens (including phenoxy) is 1. The highest BCUT2D eigenvalue weighted by Crippen LogP contribution is 2.66. The summed E-state index contributed by atoms with van der Waals surface area (Å²) in [5.74, 6) is -0.294. The highest BCUT2D eigenvalue weighted by Gasteiger charge is 2.56. The second kappa shape index (κ2) is 8.80. The first-order chi connectivity index (χ1) is 14.9. The van der Waals surface area contributed by atoms with Gasteiger partial charge in [0, 0.05) is 0 Å². The summed E-state index contributed by atoms with van der Waals surface area (Å²) in [5, 5.41) is 10.3. The van der Waals surface area contributed by atoms with Gasteiger partial charge in [0.2, 0.25) is 5.95 Å². The number of alkyl halides is 1. The molecule has 2 aromatic heterocycles. The number of nitrogens with two attached hydrogens (primary N) is 1. The predicted molar refractivity (Wildman–Crippen MR) is 108 cm³/mol. The Morgan fingerprint density at radius 3 is 2.61 bits per heavy atom. The second-order valence-corrected chi connectivity index (χ2v) is 12.6. The molecule has 17 nitrogen and oxygen atoms in total. The summed E-state index contributed by atoms with van der Waals surface area (Å²) in [5.41, 5.74) is 1.88. The number of aromatic nitrogens is 4. The molecule has 22 heteroatoms. The first kappa shape index (κ1) is 26.4. The minimum atomic E-state index is -5.56. The number of fused-ring (bicyclic) bond motifs is 1. The number of nitrogens with one attached hydrogen (secondary N) is 1. The maximum Gasteiger partial charge on any atom is 0.488 e. The summed E-state index contributed by atoms with van der Waals surface area (Å²) in [6, 6.07) is 0. The zero-order valence-corrected chi connectivity index (χ0v) is 19.7. The number of hydrogen-bond donors (Lipinski definition) is 7. The third kappa shape index (κ3) is 5.91. The smallest absolute Gasteiger partial charge is 0.387 e. The summed E-state index contributed by atoms with van der Waals surface area (Å²) >= 11 is 4.46. The van der Waals surface area contributed by atoms with Gasteiger partial charge < -0.3 is 39.7 Å². The molecule has 186 valence electrons. The summed E-state index contributed by atoms with van der Waals surface area (Å²) in [6.45, 7) is -4.66. The fourth-order valence-electron chi connectivity index (χ4n) is 2.94. The standard InChI is InChI=1S/C11H17FN5O12P3S/c1-11(12)6(18)4(2-26-32(25,33)29-31(23,24)28-30(20,21)22)27-9(11)17-3-14-5-7(17)15-10(13)16-8(5)19/h3-4,6,9,18H,2H2,1H3,(H,23,24)(H,25,33)(H2,20,21,22)(H3,13,15,16,19). The van der Waals surface area contributed by atoms with E-state index in [4.69, 9.17) is 24.8 Å². The van der Waals surface area contributed by atoms with Crippen LogP contribution in [-0.4, -0.2) is 68.7 Å². The molecule has 1 saturated heterocycles. The molecule has 3 heterocycles. The number of rotatable bonds is 8. The summed E-state index contributed by atoms with van der Waals surface area (Å²) in [7, 11) is -11.1. The Morgan fingerprint density at radius 1 is 1.36 bits per heavy atom. The Bertz CT molecular complexity index is 1260. The van der Waals surface area contributed by atoms with Gasteiger partial charge in [-0.15, -0.1) is 0 Å². The molecular weight excluding hydrogens is 538 g/mol. The molecule has 0 spiro atoms. The van der Waals surface area contributed by atoms with E-state index in [0.717, 1.165) is 17.8 Å². The van der Waals surface area contributed by atoms with Crippen LogP contribution in [0, 0.1) is 0 Å². The van der Waals surface area contributed by atoms with Crippen LogP contribution in [0.5, 0.6) is 0 Å². The number of halogens is 1. The van der Waals surface area contributed by atoms with Gasteiger partial charge in [0.1, 0.15) is 12.2 Å². The highest BCUT2D eigenvalue weighted by atomic mass is 32.5. The number of hydrogen-bond acceptors (Lipinski definition) is 12. The average Bonchev–Trinajstić information content (AvgIpc) is 3.10. The Balaban J connectivity index is 1.78. The maximum atomic E-state index is 15.4. The molecule has 0 saturated carbocycles. The van der Waals surface area contributed by atoms with Gasteiger partial charge in [-0.25, -0.2) is 22.8 Å². The molecule has 0 amide bonds. The van der Waals surface area contributed by atoms with Gasteiger partial charge in [-0.1, -0.05) is 0 Å². The van der Waals surface area contributed by atoms with Gasteiger partial charge in [0.05, 0.1) is 12.9 Å². The molecular formula is C11H17FN5O12P3S. The van der Waals surface area contributed by atoms with Crippen LogP contribution in [0.4, 0.5) is 10.3 Å². The highest BCUT2D eigenvalue weighted by molar-refractivity contribution is 8.08. The molecule has 6 unspecified atom stereocenters. The van der Waals surface area contributed by atoms with E-state index >= 15 is 4.39 Å². The van der Waals surface area contributed by atoms with E-state index in [9.17, 15) is 28.8 Å². The number of imidazole rings is 1. The molecule has 0 bridgehead atoms. The lowest BCUT2D eigenvalue weighted by Crippen LogP contribution is -2.40. The number of H-pyrrole nitrogens is 1. The molecule has 1 fully saturated rings. The Morgan fingerprint density at radius 2 is 2.00 bits per heavy atom. The van der Waals surface area contributed by atoms with E-state index in [1.54, 1.807) is 0 Å².